The molecule has 2 rings (SSSR count). The fourth-order valence-electron chi connectivity index (χ4n) is 3.03. The Labute approximate surface area is 139 Å². The van der Waals surface area contributed by atoms with Gasteiger partial charge in [0.05, 0.1) is 0 Å². The zero-order valence-electron chi connectivity index (χ0n) is 14.6. The minimum Gasteiger partial charge on any atom is -0.353 e. The van der Waals surface area contributed by atoms with E-state index >= 15 is 0 Å². The fourth-order valence-corrected chi connectivity index (χ4v) is 3.03. The van der Waals surface area contributed by atoms with E-state index in [1.807, 2.05) is 31.2 Å². The van der Waals surface area contributed by atoms with E-state index < -0.39 is 6.04 Å². The number of carbonyl (C=O) groups excluding carboxylic acids is 1. The molecule has 0 spiro atoms. The molecule has 1 atom stereocenters. The molecule has 1 saturated heterocycles. The van der Waals surface area contributed by atoms with Crippen molar-refractivity contribution < 1.29 is 4.79 Å². The van der Waals surface area contributed by atoms with Gasteiger partial charge in [0.25, 0.3) is 0 Å². The third-order valence-electron chi connectivity index (χ3n) is 4.73. The number of benzene rings is 1. The number of piperidine rings is 1. The van der Waals surface area contributed by atoms with Gasteiger partial charge in [0.1, 0.15) is 6.04 Å². The highest BCUT2D eigenvalue weighted by molar-refractivity contribution is 5.82. The quantitative estimate of drug-likeness (QED) is 0.826. The van der Waals surface area contributed by atoms with Crippen LogP contribution in [-0.2, 0) is 4.79 Å². The molecule has 3 N–H and O–H groups in total. The lowest BCUT2D eigenvalue weighted by Crippen LogP contribution is -2.45. The van der Waals surface area contributed by atoms with Gasteiger partial charge in [0, 0.05) is 19.1 Å². The van der Waals surface area contributed by atoms with Gasteiger partial charge >= 0.3 is 0 Å². The van der Waals surface area contributed by atoms with Crippen molar-refractivity contribution in [2.75, 3.05) is 40.3 Å². The molecule has 0 saturated carbocycles. The Bertz CT molecular complexity index is 492. The summed E-state index contributed by atoms with van der Waals surface area (Å²) in [6.45, 7) is 5.78. The number of nitrogens with one attached hydrogen (secondary N) is 1. The molecule has 23 heavy (non-hydrogen) atoms. The van der Waals surface area contributed by atoms with Gasteiger partial charge in [-0.05, 0) is 52.5 Å². The van der Waals surface area contributed by atoms with E-state index in [-0.39, 0.29) is 5.91 Å². The third-order valence-corrected chi connectivity index (χ3v) is 4.73. The number of amides is 1. The number of hydrogen-bond acceptors (Lipinski definition) is 4. The largest absolute Gasteiger partial charge is 0.353 e. The van der Waals surface area contributed by atoms with Crippen LogP contribution >= 0.6 is 0 Å². The van der Waals surface area contributed by atoms with Gasteiger partial charge in [-0.1, -0.05) is 29.8 Å². The minimum atomic E-state index is -0.588. The van der Waals surface area contributed by atoms with Crippen LogP contribution in [0.2, 0.25) is 0 Å². The first-order valence-corrected chi connectivity index (χ1v) is 8.46. The molecule has 1 aromatic carbocycles. The molecule has 1 amide bonds. The summed E-state index contributed by atoms with van der Waals surface area (Å²) >= 11 is 0. The van der Waals surface area contributed by atoms with Crippen molar-refractivity contribution in [1.29, 1.82) is 0 Å². The number of rotatable bonds is 6. The van der Waals surface area contributed by atoms with Crippen LogP contribution < -0.4 is 11.1 Å². The lowest BCUT2D eigenvalue weighted by atomic mass is 10.0. The van der Waals surface area contributed by atoms with Crippen LogP contribution in [0.4, 0.5) is 0 Å². The second-order valence-corrected chi connectivity index (χ2v) is 6.72. The highest BCUT2D eigenvalue weighted by Gasteiger charge is 2.20. The summed E-state index contributed by atoms with van der Waals surface area (Å²) in [6.07, 6.45) is 2.40. The number of aryl methyl sites for hydroxylation is 1. The van der Waals surface area contributed by atoms with Crippen LogP contribution in [0.25, 0.3) is 0 Å². The van der Waals surface area contributed by atoms with Crippen molar-refractivity contribution in [1.82, 2.24) is 15.1 Å². The Kier molecular flexibility index (Phi) is 6.57. The van der Waals surface area contributed by atoms with Crippen molar-refractivity contribution in [2.45, 2.75) is 31.8 Å². The van der Waals surface area contributed by atoms with Gasteiger partial charge in [0.15, 0.2) is 0 Å². The Hall–Kier alpha value is -1.43. The van der Waals surface area contributed by atoms with Gasteiger partial charge in [-0.2, -0.15) is 0 Å². The van der Waals surface area contributed by atoms with Gasteiger partial charge < -0.3 is 20.9 Å². The SMILES string of the molecule is Cc1ccc(C(N)C(=O)NCCN2CCC(N(C)C)CC2)cc1. The van der Waals surface area contributed by atoms with E-state index in [9.17, 15) is 4.79 Å². The molecule has 1 unspecified atom stereocenters. The predicted molar refractivity (Wildman–Crippen MR) is 94.3 cm³/mol. The van der Waals surface area contributed by atoms with Crippen molar-refractivity contribution in [2.24, 2.45) is 5.73 Å². The van der Waals surface area contributed by atoms with E-state index in [0.717, 1.165) is 25.2 Å². The average Bonchev–Trinajstić information content (AvgIpc) is 2.55. The Morgan fingerprint density at radius 2 is 1.91 bits per heavy atom. The van der Waals surface area contributed by atoms with Crippen LogP contribution in [0.5, 0.6) is 0 Å². The molecular weight excluding hydrogens is 288 g/mol. The molecule has 5 heteroatoms. The highest BCUT2D eigenvalue weighted by Crippen LogP contribution is 2.14. The standard InChI is InChI=1S/C18H30N4O/c1-14-4-6-15(7-5-14)17(19)18(23)20-10-13-22-11-8-16(9-12-22)21(2)3/h4-7,16-17H,8-13,19H2,1-3H3,(H,20,23). The fraction of sp³-hybridized carbons (Fsp3) is 0.611. The zero-order valence-corrected chi connectivity index (χ0v) is 14.6. The van der Waals surface area contributed by atoms with E-state index in [1.165, 1.54) is 18.4 Å². The molecule has 1 heterocycles. The summed E-state index contributed by atoms with van der Waals surface area (Å²) in [5.41, 5.74) is 8.06. The van der Waals surface area contributed by atoms with Gasteiger partial charge in [-0.25, -0.2) is 0 Å². The van der Waals surface area contributed by atoms with Gasteiger partial charge in [-0.15, -0.1) is 0 Å². The molecule has 0 aliphatic carbocycles. The second-order valence-electron chi connectivity index (χ2n) is 6.72. The lowest BCUT2D eigenvalue weighted by Gasteiger charge is -2.35. The molecule has 1 aliphatic heterocycles. The first kappa shape index (κ1) is 17.9. The maximum absolute atomic E-state index is 12.2. The minimum absolute atomic E-state index is 0.1000. The van der Waals surface area contributed by atoms with Crippen molar-refractivity contribution in [3.05, 3.63) is 35.4 Å². The number of nitrogens with two attached hydrogens (primary N) is 1. The smallest absolute Gasteiger partial charge is 0.241 e. The molecule has 0 bridgehead atoms. The van der Waals surface area contributed by atoms with Gasteiger partial charge in [0.2, 0.25) is 5.91 Å². The number of likely N-dealkylation sites (tertiary alicyclic amines) is 1. The zero-order chi connectivity index (χ0) is 16.8. The summed E-state index contributed by atoms with van der Waals surface area (Å²) in [4.78, 5) is 16.9. The van der Waals surface area contributed by atoms with Crippen LogP contribution in [0.15, 0.2) is 24.3 Å². The normalized spacial score (nSPS) is 18.1. The van der Waals surface area contributed by atoms with Crippen LogP contribution in [0.3, 0.4) is 0 Å². The number of carbonyl (C=O) groups is 1. The molecule has 128 valence electrons. The molecule has 0 radical (unpaired) electrons. The molecule has 1 aliphatic rings. The lowest BCUT2D eigenvalue weighted by molar-refractivity contribution is -0.122. The number of hydrogen-bond donors (Lipinski definition) is 2. The summed E-state index contributed by atoms with van der Waals surface area (Å²) < 4.78 is 0. The number of nitrogens with zero attached hydrogens (tertiary/aromatic N) is 2. The summed E-state index contributed by atoms with van der Waals surface area (Å²) in [5, 5.41) is 2.96. The Morgan fingerprint density at radius 3 is 2.48 bits per heavy atom. The average molecular weight is 318 g/mol. The van der Waals surface area contributed by atoms with Crippen LogP contribution in [0.1, 0.15) is 30.0 Å². The topological polar surface area (TPSA) is 61.6 Å². The summed E-state index contributed by atoms with van der Waals surface area (Å²) in [5.74, 6) is -0.1000. The maximum Gasteiger partial charge on any atom is 0.241 e. The molecule has 1 fully saturated rings. The predicted octanol–water partition coefficient (Wildman–Crippen LogP) is 1.14. The van der Waals surface area contributed by atoms with E-state index in [4.69, 9.17) is 5.73 Å². The maximum atomic E-state index is 12.2. The van der Waals surface area contributed by atoms with E-state index in [2.05, 4.69) is 29.2 Å². The van der Waals surface area contributed by atoms with E-state index in [1.54, 1.807) is 0 Å². The molecule has 1 aromatic rings. The van der Waals surface area contributed by atoms with Crippen molar-refractivity contribution in [3.8, 4) is 0 Å². The monoisotopic (exact) mass is 318 g/mol. The van der Waals surface area contributed by atoms with E-state index in [0.29, 0.717) is 12.6 Å². The third kappa shape index (κ3) is 5.30. The second kappa shape index (κ2) is 8.43. The molecular formula is C18H30N4O. The van der Waals surface area contributed by atoms with Gasteiger partial charge in [-0.3, -0.25) is 4.79 Å². The van der Waals surface area contributed by atoms with Crippen molar-refractivity contribution in [3.63, 3.8) is 0 Å². The molecule has 0 aromatic heterocycles. The highest BCUT2D eigenvalue weighted by atomic mass is 16.2. The van der Waals surface area contributed by atoms with Crippen molar-refractivity contribution >= 4 is 5.91 Å². The summed E-state index contributed by atoms with van der Waals surface area (Å²) in [7, 11) is 4.29. The van der Waals surface area contributed by atoms with Crippen LogP contribution in [-0.4, -0.2) is 62.0 Å². The first-order chi connectivity index (χ1) is 11.0. The Morgan fingerprint density at radius 1 is 1.30 bits per heavy atom. The first-order valence-electron chi connectivity index (χ1n) is 8.46. The summed E-state index contributed by atoms with van der Waals surface area (Å²) in [6, 6.07) is 7.91. The Balaban J connectivity index is 1.70. The van der Waals surface area contributed by atoms with Crippen LogP contribution in [0, 0.1) is 6.92 Å². The molecule has 5 nitrogen and oxygen atoms in total.